The minimum Gasteiger partial charge on any atom is -0.372 e. The fourth-order valence-electron chi connectivity index (χ4n) is 2.63. The first kappa shape index (κ1) is 12.5. The zero-order chi connectivity index (χ0) is 11.9. The number of hydrogen-bond acceptors (Lipinski definition) is 1. The van der Waals surface area contributed by atoms with E-state index in [1.165, 1.54) is 57.3 Å². The van der Waals surface area contributed by atoms with E-state index in [1.54, 1.807) is 0 Å². The molecule has 0 radical (unpaired) electrons. The van der Waals surface area contributed by atoms with Gasteiger partial charge in [-0.3, -0.25) is 0 Å². The van der Waals surface area contributed by atoms with E-state index >= 15 is 0 Å². The molecule has 0 bridgehead atoms. The number of benzene rings is 1. The quantitative estimate of drug-likeness (QED) is 0.668. The number of rotatable bonds is 7. The Labute approximate surface area is 106 Å². The highest BCUT2D eigenvalue weighted by Gasteiger charge is 2.17. The van der Waals surface area contributed by atoms with E-state index in [0.717, 1.165) is 5.92 Å². The van der Waals surface area contributed by atoms with E-state index in [0.29, 0.717) is 0 Å². The Morgan fingerprint density at radius 2 is 1.88 bits per heavy atom. The second-order valence-electron chi connectivity index (χ2n) is 5.26. The molecule has 1 aromatic rings. The van der Waals surface area contributed by atoms with Crippen molar-refractivity contribution in [1.29, 1.82) is 0 Å². The van der Waals surface area contributed by atoms with Gasteiger partial charge in [-0.15, -0.1) is 0 Å². The highest BCUT2D eigenvalue weighted by Crippen LogP contribution is 2.30. The van der Waals surface area contributed by atoms with Gasteiger partial charge in [0.1, 0.15) is 0 Å². The molecule has 0 saturated heterocycles. The molecule has 1 aromatic carbocycles. The van der Waals surface area contributed by atoms with E-state index in [-0.39, 0.29) is 0 Å². The van der Waals surface area contributed by atoms with Crippen LogP contribution in [-0.4, -0.2) is 13.1 Å². The van der Waals surface area contributed by atoms with E-state index in [1.807, 2.05) is 0 Å². The minimum atomic E-state index is 1.05. The molecule has 0 atom stereocenters. The average Bonchev–Trinajstić information content (AvgIpc) is 2.32. The van der Waals surface area contributed by atoms with Gasteiger partial charge >= 0.3 is 0 Å². The largest absolute Gasteiger partial charge is 0.372 e. The molecule has 1 aliphatic carbocycles. The fourth-order valence-corrected chi connectivity index (χ4v) is 2.63. The van der Waals surface area contributed by atoms with Crippen LogP contribution in [0.2, 0.25) is 0 Å². The van der Waals surface area contributed by atoms with Crippen LogP contribution in [0.1, 0.15) is 45.4 Å². The summed E-state index contributed by atoms with van der Waals surface area (Å²) in [5.41, 5.74) is 1.39. The van der Waals surface area contributed by atoms with Crippen molar-refractivity contribution in [3.05, 3.63) is 30.3 Å². The minimum absolute atomic E-state index is 1.05. The van der Waals surface area contributed by atoms with Crippen molar-refractivity contribution in [2.75, 3.05) is 18.0 Å². The standard InChI is InChI=1S/C16H25N/c1-2-13-17(16-11-4-3-5-12-16)14-7-10-15-8-6-9-15/h3-5,11-12,15H,2,6-10,13-14H2,1H3. The Hall–Kier alpha value is -0.980. The van der Waals surface area contributed by atoms with Crippen molar-refractivity contribution in [1.82, 2.24) is 0 Å². The maximum absolute atomic E-state index is 2.54. The van der Waals surface area contributed by atoms with Crippen molar-refractivity contribution in [3.63, 3.8) is 0 Å². The molecule has 0 aliphatic heterocycles. The number of para-hydroxylation sites is 1. The number of hydrogen-bond donors (Lipinski definition) is 0. The summed E-state index contributed by atoms with van der Waals surface area (Å²) in [6.45, 7) is 4.69. The highest BCUT2D eigenvalue weighted by atomic mass is 15.1. The van der Waals surface area contributed by atoms with Gasteiger partial charge in [0.05, 0.1) is 0 Å². The van der Waals surface area contributed by atoms with Crippen molar-refractivity contribution in [3.8, 4) is 0 Å². The molecule has 1 saturated carbocycles. The molecule has 0 N–H and O–H groups in total. The number of nitrogens with zero attached hydrogens (tertiary/aromatic N) is 1. The molecule has 1 heteroatoms. The third-order valence-electron chi connectivity index (χ3n) is 3.88. The van der Waals surface area contributed by atoms with Crippen LogP contribution >= 0.6 is 0 Å². The van der Waals surface area contributed by atoms with Gasteiger partial charge < -0.3 is 4.90 Å². The Bertz CT molecular complexity index is 303. The summed E-state index contributed by atoms with van der Waals surface area (Å²) in [5, 5.41) is 0. The Morgan fingerprint density at radius 3 is 2.47 bits per heavy atom. The van der Waals surface area contributed by atoms with Crippen LogP contribution in [0.15, 0.2) is 30.3 Å². The smallest absolute Gasteiger partial charge is 0.0366 e. The predicted octanol–water partition coefficient (Wildman–Crippen LogP) is 4.48. The first-order valence-corrected chi connectivity index (χ1v) is 7.20. The summed E-state index contributed by atoms with van der Waals surface area (Å²) in [5.74, 6) is 1.05. The molecular formula is C16H25N. The average molecular weight is 231 g/mol. The van der Waals surface area contributed by atoms with E-state index in [4.69, 9.17) is 0 Å². The van der Waals surface area contributed by atoms with Crippen molar-refractivity contribution in [2.24, 2.45) is 5.92 Å². The SMILES string of the molecule is CCCN(CCCC1CCC1)c1ccccc1. The van der Waals surface area contributed by atoms with Gasteiger partial charge in [0.25, 0.3) is 0 Å². The Morgan fingerprint density at radius 1 is 1.12 bits per heavy atom. The second-order valence-corrected chi connectivity index (χ2v) is 5.26. The van der Waals surface area contributed by atoms with Gasteiger partial charge in [-0.2, -0.15) is 0 Å². The molecule has 0 spiro atoms. The molecule has 1 nitrogen and oxygen atoms in total. The maximum Gasteiger partial charge on any atom is 0.0366 e. The van der Waals surface area contributed by atoms with Gasteiger partial charge in [0, 0.05) is 18.8 Å². The summed E-state index contributed by atoms with van der Waals surface area (Å²) in [6.07, 6.45) is 8.48. The molecule has 0 amide bonds. The van der Waals surface area contributed by atoms with Crippen LogP contribution < -0.4 is 4.90 Å². The highest BCUT2D eigenvalue weighted by molar-refractivity contribution is 5.45. The van der Waals surface area contributed by atoms with E-state index in [2.05, 4.69) is 42.2 Å². The summed E-state index contributed by atoms with van der Waals surface area (Å²) in [6, 6.07) is 10.9. The van der Waals surface area contributed by atoms with Gasteiger partial charge in [0.2, 0.25) is 0 Å². The van der Waals surface area contributed by atoms with Gasteiger partial charge in [-0.05, 0) is 37.3 Å². The van der Waals surface area contributed by atoms with Crippen LogP contribution in [0.4, 0.5) is 5.69 Å². The summed E-state index contributed by atoms with van der Waals surface area (Å²) in [7, 11) is 0. The molecule has 2 rings (SSSR count). The topological polar surface area (TPSA) is 3.24 Å². The summed E-state index contributed by atoms with van der Waals surface area (Å²) in [4.78, 5) is 2.54. The van der Waals surface area contributed by atoms with Crippen LogP contribution in [-0.2, 0) is 0 Å². The van der Waals surface area contributed by atoms with Gasteiger partial charge in [-0.25, -0.2) is 0 Å². The lowest BCUT2D eigenvalue weighted by Crippen LogP contribution is -2.26. The third kappa shape index (κ3) is 3.76. The predicted molar refractivity (Wildman–Crippen MR) is 75.5 cm³/mol. The first-order valence-electron chi connectivity index (χ1n) is 7.20. The lowest BCUT2D eigenvalue weighted by molar-refractivity contribution is 0.290. The summed E-state index contributed by atoms with van der Waals surface area (Å²) >= 11 is 0. The van der Waals surface area contributed by atoms with Crippen molar-refractivity contribution in [2.45, 2.75) is 45.4 Å². The molecule has 0 unspecified atom stereocenters. The molecule has 1 fully saturated rings. The maximum atomic E-state index is 2.54. The lowest BCUT2D eigenvalue weighted by atomic mass is 9.82. The van der Waals surface area contributed by atoms with Crippen LogP contribution in [0.5, 0.6) is 0 Å². The Balaban J connectivity index is 1.79. The molecule has 0 aromatic heterocycles. The zero-order valence-electron chi connectivity index (χ0n) is 11.1. The molecule has 1 aliphatic rings. The van der Waals surface area contributed by atoms with E-state index in [9.17, 15) is 0 Å². The zero-order valence-corrected chi connectivity index (χ0v) is 11.1. The van der Waals surface area contributed by atoms with Crippen molar-refractivity contribution >= 4 is 5.69 Å². The number of anilines is 1. The van der Waals surface area contributed by atoms with Crippen molar-refractivity contribution < 1.29 is 0 Å². The Kier molecular flexibility index (Phi) is 4.90. The molecule has 0 heterocycles. The molecule has 94 valence electrons. The third-order valence-corrected chi connectivity index (χ3v) is 3.88. The monoisotopic (exact) mass is 231 g/mol. The molecule has 17 heavy (non-hydrogen) atoms. The molecular weight excluding hydrogens is 206 g/mol. The van der Waals surface area contributed by atoms with Crippen LogP contribution in [0, 0.1) is 5.92 Å². The van der Waals surface area contributed by atoms with Gasteiger partial charge in [-0.1, -0.05) is 44.4 Å². The normalized spacial score (nSPS) is 15.6. The lowest BCUT2D eigenvalue weighted by Gasteiger charge is -2.28. The van der Waals surface area contributed by atoms with Gasteiger partial charge in [0.15, 0.2) is 0 Å². The first-order chi connectivity index (χ1) is 8.40. The van der Waals surface area contributed by atoms with E-state index < -0.39 is 0 Å². The second kappa shape index (κ2) is 6.68. The van der Waals surface area contributed by atoms with Crippen LogP contribution in [0.25, 0.3) is 0 Å². The fraction of sp³-hybridized carbons (Fsp3) is 0.625. The summed E-state index contributed by atoms with van der Waals surface area (Å²) < 4.78 is 0. The van der Waals surface area contributed by atoms with Crippen LogP contribution in [0.3, 0.4) is 0 Å².